The molecule has 0 radical (unpaired) electrons. The zero-order valence-corrected chi connectivity index (χ0v) is 9.93. The Balaban J connectivity index is 3.77. The molecule has 0 heterocycles. The van der Waals surface area contributed by atoms with Crippen molar-refractivity contribution in [1.29, 1.82) is 0 Å². The number of primary amides is 1. The molecule has 1 unspecified atom stereocenters. The molecule has 94 valence electrons. The Labute approximate surface area is 94.0 Å². The van der Waals surface area contributed by atoms with E-state index < -0.39 is 28.0 Å². The van der Waals surface area contributed by atoms with Crippen LogP contribution < -0.4 is 21.1 Å². The van der Waals surface area contributed by atoms with Gasteiger partial charge in [0.05, 0.1) is 12.3 Å². The molecule has 0 saturated heterocycles. The molecule has 0 saturated carbocycles. The van der Waals surface area contributed by atoms with Gasteiger partial charge >= 0.3 is 6.03 Å². The van der Waals surface area contributed by atoms with E-state index in [2.05, 4.69) is 10.0 Å². The Morgan fingerprint density at radius 2 is 1.88 bits per heavy atom. The van der Waals surface area contributed by atoms with Crippen molar-refractivity contribution in [1.82, 2.24) is 15.4 Å². The summed E-state index contributed by atoms with van der Waals surface area (Å²) in [6.45, 7) is 1.95. The molecule has 0 fully saturated rings. The first-order valence-corrected chi connectivity index (χ1v) is 6.40. The lowest BCUT2D eigenvalue weighted by Crippen LogP contribution is -2.47. The average Bonchev–Trinajstić information content (AvgIpc) is 2.09. The van der Waals surface area contributed by atoms with Gasteiger partial charge in [-0.1, -0.05) is 0 Å². The highest BCUT2D eigenvalue weighted by molar-refractivity contribution is 7.88. The molecular formula is C7H16N4O4S. The lowest BCUT2D eigenvalue weighted by Gasteiger charge is -2.12. The summed E-state index contributed by atoms with van der Waals surface area (Å²) in [5.41, 5.74) is 4.75. The van der Waals surface area contributed by atoms with Crippen LogP contribution in [0, 0.1) is 0 Å². The van der Waals surface area contributed by atoms with Crippen LogP contribution in [0.2, 0.25) is 0 Å². The summed E-state index contributed by atoms with van der Waals surface area (Å²) in [5.74, 6) is -0.563. The minimum Gasteiger partial charge on any atom is -0.351 e. The molecule has 0 aliphatic rings. The maximum Gasteiger partial charge on any atom is 0.318 e. The van der Waals surface area contributed by atoms with E-state index in [4.69, 9.17) is 5.73 Å². The van der Waals surface area contributed by atoms with Gasteiger partial charge in [-0.25, -0.2) is 17.9 Å². The van der Waals surface area contributed by atoms with E-state index in [-0.39, 0.29) is 13.1 Å². The summed E-state index contributed by atoms with van der Waals surface area (Å²) in [4.78, 5) is 21.5. The first kappa shape index (κ1) is 14.8. The molecule has 0 rings (SSSR count). The Hall–Kier alpha value is -1.19. The largest absolute Gasteiger partial charge is 0.351 e. The first-order chi connectivity index (χ1) is 7.22. The molecule has 0 aliphatic carbocycles. The molecule has 0 bridgehead atoms. The molecule has 3 amide bonds. The van der Waals surface area contributed by atoms with Crippen LogP contribution >= 0.6 is 0 Å². The van der Waals surface area contributed by atoms with E-state index in [0.29, 0.717) is 0 Å². The summed E-state index contributed by atoms with van der Waals surface area (Å²) in [7, 11) is -3.23. The van der Waals surface area contributed by atoms with Crippen molar-refractivity contribution in [2.45, 2.75) is 13.0 Å². The second-order valence-corrected chi connectivity index (χ2v) is 5.03. The van der Waals surface area contributed by atoms with Gasteiger partial charge in [0.1, 0.15) is 0 Å². The summed E-state index contributed by atoms with van der Waals surface area (Å²) in [5, 5.41) is 4.61. The standard InChI is InChI=1S/C7H16N4O4S/c1-5(6(12)11-7(8)13)9-3-4-10-16(2,14)15/h5,9-10H,3-4H2,1-2H3,(H3,8,11,12,13). The number of urea groups is 1. The smallest absolute Gasteiger partial charge is 0.318 e. The second-order valence-electron chi connectivity index (χ2n) is 3.20. The molecule has 0 aliphatic heterocycles. The molecule has 16 heavy (non-hydrogen) atoms. The number of rotatable bonds is 6. The maximum atomic E-state index is 11.1. The normalized spacial score (nSPS) is 13.1. The fourth-order valence-electron chi connectivity index (χ4n) is 0.847. The van der Waals surface area contributed by atoms with Crippen LogP contribution in [-0.4, -0.2) is 45.7 Å². The number of carbonyl (C=O) groups is 2. The highest BCUT2D eigenvalue weighted by Gasteiger charge is 2.13. The second kappa shape index (κ2) is 6.40. The van der Waals surface area contributed by atoms with Crippen LogP contribution in [0.25, 0.3) is 0 Å². The predicted octanol–water partition coefficient (Wildman–Crippen LogP) is -2.29. The third-order valence-electron chi connectivity index (χ3n) is 1.58. The fraction of sp³-hybridized carbons (Fsp3) is 0.714. The number of hydrogen-bond acceptors (Lipinski definition) is 5. The van der Waals surface area contributed by atoms with E-state index in [9.17, 15) is 18.0 Å². The van der Waals surface area contributed by atoms with Crippen LogP contribution in [0.3, 0.4) is 0 Å². The Bertz CT molecular complexity index is 353. The lowest BCUT2D eigenvalue weighted by atomic mass is 10.3. The van der Waals surface area contributed by atoms with Crippen LogP contribution in [-0.2, 0) is 14.8 Å². The van der Waals surface area contributed by atoms with Gasteiger partial charge < -0.3 is 11.1 Å². The first-order valence-electron chi connectivity index (χ1n) is 4.50. The summed E-state index contributed by atoms with van der Waals surface area (Å²) >= 11 is 0. The van der Waals surface area contributed by atoms with E-state index in [0.717, 1.165) is 6.26 Å². The molecule has 5 N–H and O–H groups in total. The highest BCUT2D eigenvalue weighted by atomic mass is 32.2. The quantitative estimate of drug-likeness (QED) is 0.395. The average molecular weight is 252 g/mol. The van der Waals surface area contributed by atoms with Crippen LogP contribution in [0.15, 0.2) is 0 Å². The third-order valence-corrected chi connectivity index (χ3v) is 2.31. The molecule has 0 spiro atoms. The van der Waals surface area contributed by atoms with E-state index in [1.54, 1.807) is 0 Å². The number of carbonyl (C=O) groups excluding carboxylic acids is 2. The monoisotopic (exact) mass is 252 g/mol. The molecule has 0 aromatic rings. The summed E-state index contributed by atoms with van der Waals surface area (Å²) in [6, 6.07) is -1.55. The SMILES string of the molecule is CC(NCCNS(C)(=O)=O)C(=O)NC(N)=O. The molecule has 9 heteroatoms. The van der Waals surface area contributed by atoms with Gasteiger partial charge in [-0.15, -0.1) is 0 Å². The number of imide groups is 1. The lowest BCUT2D eigenvalue weighted by molar-refractivity contribution is -0.121. The minimum atomic E-state index is -3.23. The summed E-state index contributed by atoms with van der Waals surface area (Å²) < 4.78 is 23.6. The van der Waals surface area contributed by atoms with Crippen LogP contribution in [0.4, 0.5) is 4.79 Å². The number of hydrogen-bond donors (Lipinski definition) is 4. The van der Waals surface area contributed by atoms with Crippen molar-refractivity contribution in [3.63, 3.8) is 0 Å². The number of sulfonamides is 1. The van der Waals surface area contributed by atoms with Crippen LogP contribution in [0.5, 0.6) is 0 Å². The third kappa shape index (κ3) is 8.15. The van der Waals surface area contributed by atoms with Gasteiger partial charge in [0.25, 0.3) is 0 Å². The van der Waals surface area contributed by atoms with Gasteiger partial charge in [-0.05, 0) is 6.92 Å². The number of amides is 3. The number of nitrogens with one attached hydrogen (secondary N) is 3. The van der Waals surface area contributed by atoms with Crippen molar-refractivity contribution in [2.24, 2.45) is 5.73 Å². The Kier molecular flexibility index (Phi) is 5.93. The molecular weight excluding hydrogens is 236 g/mol. The fourth-order valence-corrected chi connectivity index (χ4v) is 1.32. The van der Waals surface area contributed by atoms with Crippen LogP contribution in [0.1, 0.15) is 6.92 Å². The molecule has 1 atom stereocenters. The highest BCUT2D eigenvalue weighted by Crippen LogP contribution is 1.81. The van der Waals surface area contributed by atoms with E-state index in [1.165, 1.54) is 6.92 Å². The predicted molar refractivity (Wildman–Crippen MR) is 58.0 cm³/mol. The van der Waals surface area contributed by atoms with Gasteiger partial charge in [-0.3, -0.25) is 10.1 Å². The van der Waals surface area contributed by atoms with E-state index >= 15 is 0 Å². The van der Waals surface area contributed by atoms with Gasteiger partial charge in [0.2, 0.25) is 15.9 Å². The van der Waals surface area contributed by atoms with Crippen molar-refractivity contribution < 1.29 is 18.0 Å². The zero-order valence-electron chi connectivity index (χ0n) is 9.11. The van der Waals surface area contributed by atoms with Gasteiger partial charge in [-0.2, -0.15) is 0 Å². The van der Waals surface area contributed by atoms with Crippen molar-refractivity contribution in [3.05, 3.63) is 0 Å². The van der Waals surface area contributed by atoms with Gasteiger partial charge in [0.15, 0.2) is 0 Å². The van der Waals surface area contributed by atoms with Gasteiger partial charge in [0, 0.05) is 13.1 Å². The van der Waals surface area contributed by atoms with Crippen molar-refractivity contribution in [3.8, 4) is 0 Å². The van der Waals surface area contributed by atoms with Crippen molar-refractivity contribution >= 4 is 22.0 Å². The Morgan fingerprint density at radius 3 is 2.31 bits per heavy atom. The number of nitrogens with two attached hydrogens (primary N) is 1. The maximum absolute atomic E-state index is 11.1. The van der Waals surface area contributed by atoms with Crippen molar-refractivity contribution in [2.75, 3.05) is 19.3 Å². The minimum absolute atomic E-state index is 0.160. The molecule has 0 aromatic heterocycles. The topological polar surface area (TPSA) is 130 Å². The molecule has 0 aromatic carbocycles. The molecule has 8 nitrogen and oxygen atoms in total. The van der Waals surface area contributed by atoms with E-state index in [1.807, 2.05) is 5.32 Å². The Morgan fingerprint density at radius 1 is 1.31 bits per heavy atom. The zero-order chi connectivity index (χ0) is 12.8. The summed E-state index contributed by atoms with van der Waals surface area (Å²) in [6.07, 6.45) is 1.04.